The Labute approximate surface area is 76.8 Å². The van der Waals surface area contributed by atoms with Crippen molar-refractivity contribution in [3.63, 3.8) is 0 Å². The number of aliphatic hydroxyl groups excluding tert-OH is 1. The lowest BCUT2D eigenvalue weighted by atomic mass is 9.96. The van der Waals surface area contributed by atoms with Gasteiger partial charge in [0.25, 0.3) is 0 Å². The number of carbonyl (C=O) groups is 1. The fourth-order valence-corrected chi connectivity index (χ4v) is 1.99. The van der Waals surface area contributed by atoms with Crippen molar-refractivity contribution in [2.75, 3.05) is 13.2 Å². The van der Waals surface area contributed by atoms with E-state index in [2.05, 4.69) is 6.58 Å². The Bertz CT molecular complexity index is 264. The molecule has 2 aliphatic rings. The van der Waals surface area contributed by atoms with Crippen LogP contribution in [0.1, 0.15) is 6.92 Å². The van der Waals surface area contributed by atoms with Crippen LogP contribution in [0.5, 0.6) is 0 Å². The highest BCUT2D eigenvalue weighted by molar-refractivity contribution is 5.71. The minimum atomic E-state index is -0.510. The molecule has 2 aliphatic heterocycles. The fraction of sp³-hybridized carbons (Fsp3) is 0.667. The van der Waals surface area contributed by atoms with E-state index in [-0.39, 0.29) is 18.1 Å². The number of carbonyl (C=O) groups excluding carboxylic acids is 1. The van der Waals surface area contributed by atoms with E-state index in [9.17, 15) is 9.90 Å². The largest absolute Gasteiger partial charge is 0.447 e. The van der Waals surface area contributed by atoms with Crippen LogP contribution >= 0.6 is 0 Å². The smallest absolute Gasteiger partial charge is 0.410 e. The summed E-state index contributed by atoms with van der Waals surface area (Å²) in [4.78, 5) is 12.7. The third kappa shape index (κ3) is 1.13. The van der Waals surface area contributed by atoms with Crippen molar-refractivity contribution < 1.29 is 14.6 Å². The molecule has 2 heterocycles. The molecule has 2 saturated heterocycles. The van der Waals surface area contributed by atoms with Crippen LogP contribution in [0.3, 0.4) is 0 Å². The number of hydrogen-bond acceptors (Lipinski definition) is 3. The molecule has 0 aromatic rings. The molecule has 0 aliphatic carbocycles. The molecule has 4 heteroatoms. The Hall–Kier alpha value is -1.03. The number of cyclic esters (lactones) is 1. The van der Waals surface area contributed by atoms with E-state index in [1.807, 2.05) is 6.92 Å². The van der Waals surface area contributed by atoms with Crippen LogP contribution in [0, 0.1) is 5.92 Å². The zero-order valence-corrected chi connectivity index (χ0v) is 7.56. The van der Waals surface area contributed by atoms with E-state index in [1.54, 1.807) is 4.90 Å². The molecule has 3 atom stereocenters. The molecule has 0 spiro atoms. The Morgan fingerprint density at radius 3 is 3.00 bits per heavy atom. The molecule has 72 valence electrons. The minimum Gasteiger partial charge on any atom is -0.447 e. The van der Waals surface area contributed by atoms with Gasteiger partial charge in [0.2, 0.25) is 0 Å². The predicted molar refractivity (Wildman–Crippen MR) is 46.2 cm³/mol. The highest BCUT2D eigenvalue weighted by atomic mass is 16.6. The zero-order valence-electron chi connectivity index (χ0n) is 7.56. The normalized spacial score (nSPS) is 37.5. The number of nitrogens with zero attached hydrogens (tertiary/aromatic N) is 1. The summed E-state index contributed by atoms with van der Waals surface area (Å²) in [5.41, 5.74) is 0.926. The minimum absolute atomic E-state index is 0.0119. The fourth-order valence-electron chi connectivity index (χ4n) is 1.99. The van der Waals surface area contributed by atoms with E-state index < -0.39 is 6.10 Å². The van der Waals surface area contributed by atoms with Crippen molar-refractivity contribution in [3.05, 3.63) is 12.2 Å². The van der Waals surface area contributed by atoms with Gasteiger partial charge in [-0.15, -0.1) is 0 Å². The second-order valence-corrected chi connectivity index (χ2v) is 3.74. The molecule has 1 amide bonds. The van der Waals surface area contributed by atoms with Gasteiger partial charge in [0, 0.05) is 12.5 Å². The van der Waals surface area contributed by atoms with Crippen LogP contribution < -0.4 is 0 Å². The SMILES string of the molecule is C=C(C)[C@H]1CN2C(=O)OC[C@@H]2[C@@H]1O. The Balaban J connectivity index is 2.18. The first-order valence-corrected chi connectivity index (χ1v) is 4.38. The maximum absolute atomic E-state index is 11.1. The van der Waals surface area contributed by atoms with Gasteiger partial charge in [-0.3, -0.25) is 4.90 Å². The maximum atomic E-state index is 11.1. The summed E-state index contributed by atoms with van der Waals surface area (Å²) in [6.45, 7) is 6.53. The molecule has 2 fully saturated rings. The Morgan fingerprint density at radius 2 is 2.46 bits per heavy atom. The van der Waals surface area contributed by atoms with Gasteiger partial charge in [0.05, 0.1) is 12.1 Å². The topological polar surface area (TPSA) is 49.8 Å². The van der Waals surface area contributed by atoms with E-state index in [0.29, 0.717) is 13.2 Å². The number of rotatable bonds is 1. The number of fused-ring (bicyclic) bond motifs is 1. The monoisotopic (exact) mass is 183 g/mol. The number of hydrogen-bond donors (Lipinski definition) is 1. The van der Waals surface area contributed by atoms with Crippen molar-refractivity contribution in [3.8, 4) is 0 Å². The molecular weight excluding hydrogens is 170 g/mol. The standard InChI is InChI=1S/C9H13NO3/c1-5(2)6-3-10-7(8(6)11)4-13-9(10)12/h6-8,11H,1,3-4H2,2H3/t6-,7-,8-/m1/s1. The number of amides is 1. The molecular formula is C9H13NO3. The van der Waals surface area contributed by atoms with Crippen LogP contribution in [-0.2, 0) is 4.74 Å². The first-order chi connectivity index (χ1) is 6.11. The van der Waals surface area contributed by atoms with Crippen LogP contribution in [0.2, 0.25) is 0 Å². The first-order valence-electron chi connectivity index (χ1n) is 4.38. The molecule has 0 saturated carbocycles. The van der Waals surface area contributed by atoms with Crippen molar-refractivity contribution in [1.82, 2.24) is 4.90 Å². The lowest BCUT2D eigenvalue weighted by molar-refractivity contribution is 0.109. The van der Waals surface area contributed by atoms with E-state index in [1.165, 1.54) is 0 Å². The molecule has 0 bridgehead atoms. The molecule has 0 aromatic heterocycles. The average molecular weight is 183 g/mol. The first kappa shape index (κ1) is 8.56. The summed E-state index contributed by atoms with van der Waals surface area (Å²) in [5.74, 6) is 0.0119. The molecule has 4 nitrogen and oxygen atoms in total. The summed E-state index contributed by atoms with van der Waals surface area (Å²) in [6.07, 6.45) is -0.822. The van der Waals surface area contributed by atoms with Gasteiger partial charge >= 0.3 is 6.09 Å². The summed E-state index contributed by atoms with van der Waals surface area (Å²) in [5, 5.41) is 9.81. The maximum Gasteiger partial charge on any atom is 0.410 e. The third-order valence-electron chi connectivity index (χ3n) is 2.85. The van der Waals surface area contributed by atoms with Gasteiger partial charge in [-0.05, 0) is 6.92 Å². The lowest BCUT2D eigenvalue weighted by Crippen LogP contribution is -2.33. The molecule has 0 aromatic carbocycles. The van der Waals surface area contributed by atoms with Crippen molar-refractivity contribution in [2.45, 2.75) is 19.1 Å². The summed E-state index contributed by atoms with van der Waals surface area (Å²) < 4.78 is 4.82. The second kappa shape index (κ2) is 2.73. The van der Waals surface area contributed by atoms with Crippen LogP contribution in [0.15, 0.2) is 12.2 Å². The Morgan fingerprint density at radius 1 is 1.77 bits per heavy atom. The summed E-state index contributed by atoms with van der Waals surface area (Å²) in [7, 11) is 0. The van der Waals surface area contributed by atoms with Gasteiger partial charge in [-0.2, -0.15) is 0 Å². The van der Waals surface area contributed by atoms with E-state index >= 15 is 0 Å². The summed E-state index contributed by atoms with van der Waals surface area (Å²) in [6, 6.07) is -0.158. The van der Waals surface area contributed by atoms with Gasteiger partial charge < -0.3 is 9.84 Å². The van der Waals surface area contributed by atoms with Crippen LogP contribution in [0.4, 0.5) is 4.79 Å². The highest BCUT2D eigenvalue weighted by Gasteiger charge is 2.48. The van der Waals surface area contributed by atoms with Crippen molar-refractivity contribution in [1.29, 1.82) is 0 Å². The van der Waals surface area contributed by atoms with Crippen molar-refractivity contribution >= 4 is 6.09 Å². The van der Waals surface area contributed by atoms with Gasteiger partial charge in [0.1, 0.15) is 6.61 Å². The Kier molecular flexibility index (Phi) is 1.80. The molecule has 0 unspecified atom stereocenters. The van der Waals surface area contributed by atoms with E-state index in [4.69, 9.17) is 4.74 Å². The third-order valence-corrected chi connectivity index (χ3v) is 2.85. The van der Waals surface area contributed by atoms with Crippen molar-refractivity contribution in [2.24, 2.45) is 5.92 Å². The van der Waals surface area contributed by atoms with Gasteiger partial charge in [0.15, 0.2) is 0 Å². The summed E-state index contributed by atoms with van der Waals surface area (Å²) >= 11 is 0. The van der Waals surface area contributed by atoms with Crippen LogP contribution in [-0.4, -0.2) is 41.4 Å². The second-order valence-electron chi connectivity index (χ2n) is 3.74. The van der Waals surface area contributed by atoms with Crippen LogP contribution in [0.25, 0.3) is 0 Å². The molecule has 1 N–H and O–H groups in total. The predicted octanol–water partition coefficient (Wildman–Crippen LogP) is 0.374. The zero-order chi connectivity index (χ0) is 9.59. The molecule has 0 radical (unpaired) electrons. The number of aliphatic hydroxyl groups is 1. The van der Waals surface area contributed by atoms with Gasteiger partial charge in [-0.25, -0.2) is 4.79 Å². The molecule has 13 heavy (non-hydrogen) atoms. The average Bonchev–Trinajstić information content (AvgIpc) is 2.55. The highest BCUT2D eigenvalue weighted by Crippen LogP contribution is 2.32. The quantitative estimate of drug-likeness (QED) is 0.598. The molecule has 2 rings (SSSR count). The number of ether oxygens (including phenoxy) is 1. The lowest BCUT2D eigenvalue weighted by Gasteiger charge is -2.15. The van der Waals surface area contributed by atoms with Gasteiger partial charge in [-0.1, -0.05) is 12.2 Å². The van der Waals surface area contributed by atoms with E-state index in [0.717, 1.165) is 5.57 Å².